The molecule has 2 heterocycles. The molecule has 1 saturated heterocycles. The van der Waals surface area contributed by atoms with E-state index in [-0.39, 0.29) is 24.0 Å². The van der Waals surface area contributed by atoms with E-state index < -0.39 is 0 Å². The van der Waals surface area contributed by atoms with Crippen LogP contribution >= 0.6 is 12.2 Å². The molecule has 32 heavy (non-hydrogen) atoms. The van der Waals surface area contributed by atoms with Crippen LogP contribution in [-0.4, -0.2) is 63.8 Å². The van der Waals surface area contributed by atoms with Gasteiger partial charge in [0.15, 0.2) is 22.2 Å². The van der Waals surface area contributed by atoms with Crippen LogP contribution in [0.3, 0.4) is 0 Å². The van der Waals surface area contributed by atoms with Gasteiger partial charge in [-0.2, -0.15) is 5.10 Å². The number of carbonyl (C=O) groups is 1. The smallest absolute Gasteiger partial charge is 0.242 e. The number of nitrogens with zero attached hydrogens (tertiary/aromatic N) is 4. The van der Waals surface area contributed by atoms with Crippen molar-refractivity contribution < 1.29 is 13.9 Å². The molecule has 3 aromatic rings. The molecule has 1 aliphatic heterocycles. The number of nitrogens with one attached hydrogen (secondary N) is 1. The highest BCUT2D eigenvalue weighted by Gasteiger charge is 2.23. The average molecular weight is 456 g/mol. The Bertz CT molecular complexity index is 1150. The Labute approximate surface area is 191 Å². The second-order valence-corrected chi connectivity index (χ2v) is 8.32. The van der Waals surface area contributed by atoms with Crippen LogP contribution < -0.4 is 4.74 Å². The lowest BCUT2D eigenvalue weighted by atomic mass is 10.1. The van der Waals surface area contributed by atoms with Crippen LogP contribution in [0.2, 0.25) is 0 Å². The predicted octanol–water partition coefficient (Wildman–Crippen LogP) is 3.41. The first-order valence-electron chi connectivity index (χ1n) is 10.5. The number of piperazine rings is 1. The second kappa shape index (κ2) is 9.62. The molecule has 1 aliphatic rings. The molecule has 0 unspecified atom stereocenters. The third-order valence-electron chi connectivity index (χ3n) is 5.71. The highest BCUT2D eigenvalue weighted by atomic mass is 32.1. The summed E-state index contributed by atoms with van der Waals surface area (Å²) in [4.78, 5) is 17.0. The lowest BCUT2D eigenvalue weighted by Crippen LogP contribution is -2.49. The van der Waals surface area contributed by atoms with Crippen molar-refractivity contribution in [3.8, 4) is 17.1 Å². The number of hydrogen-bond donors (Lipinski definition) is 1. The maximum Gasteiger partial charge on any atom is 0.242 e. The summed E-state index contributed by atoms with van der Waals surface area (Å²) < 4.78 is 21.1. The maximum atomic E-state index is 13.9. The van der Waals surface area contributed by atoms with Crippen LogP contribution in [0.1, 0.15) is 11.1 Å². The number of carbonyl (C=O) groups excluding carboxylic acids is 1. The van der Waals surface area contributed by atoms with Crippen LogP contribution in [0, 0.1) is 17.5 Å². The minimum Gasteiger partial charge on any atom is -0.494 e. The van der Waals surface area contributed by atoms with Crippen LogP contribution in [-0.2, 0) is 17.9 Å². The molecule has 0 atom stereocenters. The fourth-order valence-corrected chi connectivity index (χ4v) is 4.04. The lowest BCUT2D eigenvalue weighted by molar-refractivity contribution is -0.133. The summed E-state index contributed by atoms with van der Waals surface area (Å²) in [6, 6.07) is 13.0. The Hall–Kier alpha value is -3.04. The van der Waals surface area contributed by atoms with Gasteiger partial charge in [-0.15, -0.1) is 0 Å². The van der Waals surface area contributed by atoms with E-state index in [1.807, 2.05) is 42.2 Å². The number of methoxy groups -OCH3 is 1. The number of ether oxygens (including phenoxy) is 1. The number of rotatable bonds is 6. The molecule has 168 valence electrons. The van der Waals surface area contributed by atoms with Crippen molar-refractivity contribution in [1.29, 1.82) is 0 Å². The molecule has 9 heteroatoms. The summed E-state index contributed by atoms with van der Waals surface area (Å²) in [6.07, 6.45) is 0. The number of aromatic nitrogens is 3. The molecular formula is C23H26FN5O2S. The Balaban J connectivity index is 1.36. The van der Waals surface area contributed by atoms with E-state index in [0.29, 0.717) is 30.2 Å². The maximum absolute atomic E-state index is 13.9. The van der Waals surface area contributed by atoms with Gasteiger partial charge in [0.25, 0.3) is 0 Å². The zero-order valence-corrected chi connectivity index (χ0v) is 19.0. The fraction of sp³-hybridized carbons (Fsp3) is 0.348. The molecule has 1 amide bonds. The first kappa shape index (κ1) is 22.2. The third kappa shape index (κ3) is 4.89. The zero-order chi connectivity index (χ0) is 22.7. The largest absolute Gasteiger partial charge is 0.494 e. The molecule has 0 aliphatic carbocycles. The minimum atomic E-state index is -0.361. The van der Waals surface area contributed by atoms with Crippen LogP contribution in [0.15, 0.2) is 42.5 Å². The molecule has 1 aromatic heterocycles. The van der Waals surface area contributed by atoms with E-state index in [0.717, 1.165) is 29.8 Å². The van der Waals surface area contributed by atoms with E-state index >= 15 is 0 Å². The second-order valence-electron chi connectivity index (χ2n) is 7.93. The summed E-state index contributed by atoms with van der Waals surface area (Å²) >= 11 is 5.36. The fourth-order valence-electron chi connectivity index (χ4n) is 3.84. The van der Waals surface area contributed by atoms with Crippen molar-refractivity contribution in [3.05, 3.63) is 64.2 Å². The van der Waals surface area contributed by atoms with Crippen LogP contribution in [0.25, 0.3) is 11.4 Å². The van der Waals surface area contributed by atoms with Crippen LogP contribution in [0.4, 0.5) is 4.39 Å². The van der Waals surface area contributed by atoms with E-state index in [1.165, 1.54) is 13.2 Å². The summed E-state index contributed by atoms with van der Waals surface area (Å²) in [7, 11) is 1.45. The summed E-state index contributed by atoms with van der Waals surface area (Å²) in [5, 5.41) is 7.12. The number of H-pyrrole nitrogens is 1. The molecule has 0 saturated carbocycles. The molecule has 1 fully saturated rings. The number of aryl methyl sites for hydroxylation is 1. The van der Waals surface area contributed by atoms with Crippen molar-refractivity contribution in [1.82, 2.24) is 24.6 Å². The number of aromatic amines is 1. The van der Waals surface area contributed by atoms with Crippen LogP contribution in [0.5, 0.6) is 5.75 Å². The van der Waals surface area contributed by atoms with Crippen molar-refractivity contribution in [2.75, 3.05) is 33.3 Å². The predicted molar refractivity (Wildman–Crippen MR) is 122 cm³/mol. The molecule has 0 bridgehead atoms. The standard InChI is InChI=1S/C23H26FN5O2S/c1-16-3-6-18(7-4-16)22-25-26-23(32)29(22)15-21(30)28-11-9-27(10-12-28)14-17-5-8-20(31-2)19(24)13-17/h3-8,13H,9-12,14-15H2,1-2H3,(H,26,32). The number of amides is 1. The number of benzene rings is 2. The van der Waals surface area contributed by atoms with Crippen molar-refractivity contribution in [2.24, 2.45) is 0 Å². The Morgan fingerprint density at radius 2 is 1.88 bits per heavy atom. The quantitative estimate of drug-likeness (QED) is 0.577. The van der Waals surface area contributed by atoms with Gasteiger partial charge in [-0.1, -0.05) is 35.9 Å². The van der Waals surface area contributed by atoms with Gasteiger partial charge >= 0.3 is 0 Å². The Morgan fingerprint density at radius 3 is 2.53 bits per heavy atom. The molecule has 4 rings (SSSR count). The first-order valence-corrected chi connectivity index (χ1v) is 10.9. The van der Waals surface area contributed by atoms with Gasteiger partial charge in [-0.05, 0) is 36.8 Å². The summed E-state index contributed by atoms with van der Waals surface area (Å²) in [5.74, 6) is 0.543. The topological polar surface area (TPSA) is 66.4 Å². The molecular weight excluding hydrogens is 429 g/mol. The van der Waals surface area contributed by atoms with Gasteiger partial charge in [0.2, 0.25) is 5.91 Å². The molecule has 0 spiro atoms. The lowest BCUT2D eigenvalue weighted by Gasteiger charge is -2.35. The number of halogens is 1. The molecule has 2 aromatic carbocycles. The van der Waals surface area contributed by atoms with Gasteiger partial charge in [-0.25, -0.2) is 4.39 Å². The van der Waals surface area contributed by atoms with Crippen molar-refractivity contribution in [3.63, 3.8) is 0 Å². The summed E-state index contributed by atoms with van der Waals surface area (Å²) in [5.41, 5.74) is 2.95. The van der Waals surface area contributed by atoms with Gasteiger partial charge in [0.05, 0.1) is 7.11 Å². The normalized spacial score (nSPS) is 14.5. The highest BCUT2D eigenvalue weighted by molar-refractivity contribution is 7.71. The van der Waals surface area contributed by atoms with E-state index in [9.17, 15) is 9.18 Å². The highest BCUT2D eigenvalue weighted by Crippen LogP contribution is 2.20. The minimum absolute atomic E-state index is 0.00556. The average Bonchev–Trinajstić information content (AvgIpc) is 3.15. The van der Waals surface area contributed by atoms with Crippen molar-refractivity contribution in [2.45, 2.75) is 20.0 Å². The number of hydrogen-bond acceptors (Lipinski definition) is 5. The molecule has 1 N–H and O–H groups in total. The Morgan fingerprint density at radius 1 is 1.16 bits per heavy atom. The van der Waals surface area contributed by atoms with E-state index in [4.69, 9.17) is 17.0 Å². The van der Waals surface area contributed by atoms with Gasteiger partial charge < -0.3 is 9.64 Å². The monoisotopic (exact) mass is 455 g/mol. The van der Waals surface area contributed by atoms with E-state index in [1.54, 1.807) is 10.6 Å². The zero-order valence-electron chi connectivity index (χ0n) is 18.2. The van der Waals surface area contributed by atoms with Gasteiger partial charge in [0.1, 0.15) is 6.54 Å². The SMILES string of the molecule is COc1ccc(CN2CCN(C(=O)Cn3c(-c4ccc(C)cc4)n[nH]c3=S)CC2)cc1F. The van der Waals surface area contributed by atoms with Gasteiger partial charge in [0, 0.05) is 38.3 Å². The van der Waals surface area contributed by atoms with Gasteiger partial charge in [-0.3, -0.25) is 19.4 Å². The van der Waals surface area contributed by atoms with E-state index in [2.05, 4.69) is 15.1 Å². The Kier molecular flexibility index (Phi) is 6.66. The van der Waals surface area contributed by atoms with Crippen molar-refractivity contribution >= 4 is 18.1 Å². The molecule has 7 nitrogen and oxygen atoms in total. The first-order chi connectivity index (χ1) is 15.4. The molecule has 0 radical (unpaired) electrons. The third-order valence-corrected chi connectivity index (χ3v) is 6.02. The summed E-state index contributed by atoms with van der Waals surface area (Å²) in [6.45, 7) is 5.47.